The number of nitrogens with zero attached hydrogens (tertiary/aromatic N) is 1. The highest BCUT2D eigenvalue weighted by Gasteiger charge is 2.51. The molecule has 1 saturated carbocycles. The summed E-state index contributed by atoms with van der Waals surface area (Å²) in [7, 11) is 0. The van der Waals surface area contributed by atoms with Crippen molar-refractivity contribution >= 4 is 29.8 Å². The van der Waals surface area contributed by atoms with Crippen molar-refractivity contribution in [3.8, 4) is 11.8 Å². The number of esters is 1. The smallest absolute Gasteiger partial charge is 0.408 e. The molecule has 0 spiro atoms. The van der Waals surface area contributed by atoms with E-state index >= 15 is 8.78 Å². The number of alkyl carbamates (subject to hydrolysis) is 1. The molecule has 1 aliphatic carbocycles. The lowest BCUT2D eigenvalue weighted by molar-refractivity contribution is -0.158. The molecule has 3 rings (SSSR count). The van der Waals surface area contributed by atoms with Crippen LogP contribution in [0.4, 0.5) is 18.0 Å². The van der Waals surface area contributed by atoms with Crippen LogP contribution in [0.2, 0.25) is 0 Å². The second kappa shape index (κ2) is 15.7. The average Bonchev–Trinajstić information content (AvgIpc) is 3.31. The van der Waals surface area contributed by atoms with Crippen molar-refractivity contribution in [3.63, 3.8) is 0 Å². The summed E-state index contributed by atoms with van der Waals surface area (Å²) in [6.07, 6.45) is 1.03. The van der Waals surface area contributed by atoms with Gasteiger partial charge in [-0.2, -0.15) is 4.39 Å². The van der Waals surface area contributed by atoms with Gasteiger partial charge in [-0.3, -0.25) is 14.4 Å². The first-order valence-electron chi connectivity index (χ1n) is 15.8. The average molecular weight is 655 g/mol. The fourth-order valence-corrected chi connectivity index (χ4v) is 5.86. The molecule has 256 valence electrons. The molecule has 3 N–H and O–H groups in total. The summed E-state index contributed by atoms with van der Waals surface area (Å²) in [4.78, 5) is 66.1. The topological polar surface area (TPSA) is 143 Å². The first-order valence-corrected chi connectivity index (χ1v) is 15.8. The third kappa shape index (κ3) is 10.4. The molecule has 5 atom stereocenters. The van der Waals surface area contributed by atoms with Crippen LogP contribution in [-0.4, -0.2) is 83.5 Å². The number of ether oxygens (including phenoxy) is 2. The maximum absolute atomic E-state index is 15.2. The van der Waals surface area contributed by atoms with E-state index in [-0.39, 0.29) is 31.3 Å². The maximum atomic E-state index is 15.2. The van der Waals surface area contributed by atoms with Gasteiger partial charge in [-0.1, -0.05) is 25.2 Å². The zero-order chi connectivity index (χ0) is 34.2. The van der Waals surface area contributed by atoms with Crippen LogP contribution in [-0.2, 0) is 28.7 Å². The molecule has 11 nitrogen and oxygen atoms in total. The highest BCUT2D eigenvalue weighted by molar-refractivity contribution is 5.93. The van der Waals surface area contributed by atoms with Crippen LogP contribution in [0, 0.1) is 23.7 Å². The van der Waals surface area contributed by atoms with Crippen molar-refractivity contribution in [2.45, 2.75) is 122 Å². The van der Waals surface area contributed by atoms with E-state index in [9.17, 15) is 28.4 Å². The van der Waals surface area contributed by atoms with Gasteiger partial charge in [0.05, 0.1) is 18.7 Å². The van der Waals surface area contributed by atoms with Gasteiger partial charge in [-0.05, 0) is 65.9 Å². The van der Waals surface area contributed by atoms with Crippen molar-refractivity contribution in [3.05, 3.63) is 11.9 Å². The first kappa shape index (κ1) is 36.7. The molecule has 46 heavy (non-hydrogen) atoms. The van der Waals surface area contributed by atoms with E-state index in [2.05, 4.69) is 32.5 Å². The Kier molecular flexibility index (Phi) is 12.5. The molecule has 14 heteroatoms. The van der Waals surface area contributed by atoms with E-state index in [1.807, 2.05) is 0 Å². The number of piperidine rings is 1. The Morgan fingerprint density at radius 3 is 2.37 bits per heavy atom. The minimum atomic E-state index is -3.40. The summed E-state index contributed by atoms with van der Waals surface area (Å²) in [6, 6.07) is -5.63. The Morgan fingerprint density at radius 2 is 1.83 bits per heavy atom. The predicted molar refractivity (Wildman–Crippen MR) is 161 cm³/mol. The molecule has 3 aliphatic rings. The largest absolute Gasteiger partial charge is 0.461 e. The Morgan fingerprint density at radius 1 is 1.13 bits per heavy atom. The number of alkyl halides is 2. The fourth-order valence-electron chi connectivity index (χ4n) is 5.86. The SMILES string of the molecule is CC#CC1CC(F)(F)C[C@@H](C(=O)N[C@H](/C=C(\F)C(=O)OCC)C[C@@H]2CCNC2=O)N1C(=O)[C@@H](CC1CCC1)NC(=O)OC(C)(C)C. The summed E-state index contributed by atoms with van der Waals surface area (Å²) in [5.74, 6) is -3.55. The number of nitrogens with one attached hydrogen (secondary N) is 3. The minimum Gasteiger partial charge on any atom is -0.461 e. The van der Waals surface area contributed by atoms with E-state index in [4.69, 9.17) is 4.74 Å². The zero-order valence-electron chi connectivity index (χ0n) is 27.1. The van der Waals surface area contributed by atoms with Gasteiger partial charge in [0.25, 0.3) is 5.92 Å². The molecule has 0 aromatic rings. The Balaban J connectivity index is 1.97. The Hall–Kier alpha value is -3.76. The monoisotopic (exact) mass is 654 g/mol. The van der Waals surface area contributed by atoms with E-state index in [0.29, 0.717) is 13.0 Å². The van der Waals surface area contributed by atoms with Crippen LogP contribution in [0.3, 0.4) is 0 Å². The van der Waals surface area contributed by atoms with Crippen LogP contribution in [0.25, 0.3) is 0 Å². The van der Waals surface area contributed by atoms with Gasteiger partial charge in [-0.15, -0.1) is 5.92 Å². The van der Waals surface area contributed by atoms with Gasteiger partial charge < -0.3 is 30.3 Å². The summed E-state index contributed by atoms with van der Waals surface area (Å²) >= 11 is 0. The van der Waals surface area contributed by atoms with Crippen molar-refractivity contribution in [2.75, 3.05) is 13.2 Å². The summed E-state index contributed by atoms with van der Waals surface area (Å²) in [6.45, 7) is 8.10. The van der Waals surface area contributed by atoms with Crippen molar-refractivity contribution in [2.24, 2.45) is 11.8 Å². The maximum Gasteiger partial charge on any atom is 0.408 e. The number of carbonyl (C=O) groups is 5. The molecule has 0 bridgehead atoms. The minimum absolute atomic E-state index is 0.0935. The molecule has 2 aliphatic heterocycles. The third-order valence-corrected chi connectivity index (χ3v) is 8.15. The summed E-state index contributed by atoms with van der Waals surface area (Å²) < 4.78 is 55.1. The van der Waals surface area contributed by atoms with Gasteiger partial charge in [0.1, 0.15) is 17.7 Å². The highest BCUT2D eigenvalue weighted by Crippen LogP contribution is 2.38. The fraction of sp³-hybridized carbons (Fsp3) is 0.719. The molecular formula is C32H45F3N4O7. The third-order valence-electron chi connectivity index (χ3n) is 8.15. The quantitative estimate of drug-likeness (QED) is 0.176. The summed E-state index contributed by atoms with van der Waals surface area (Å²) in [5, 5.41) is 7.71. The first-order chi connectivity index (χ1) is 21.5. The lowest BCUT2D eigenvalue weighted by Crippen LogP contribution is -2.64. The van der Waals surface area contributed by atoms with Gasteiger partial charge in [0, 0.05) is 25.3 Å². The predicted octanol–water partition coefficient (Wildman–Crippen LogP) is 3.52. The molecule has 0 aromatic carbocycles. The van der Waals surface area contributed by atoms with Crippen LogP contribution >= 0.6 is 0 Å². The van der Waals surface area contributed by atoms with Crippen LogP contribution < -0.4 is 16.0 Å². The molecule has 4 amide bonds. The van der Waals surface area contributed by atoms with E-state index in [1.165, 1.54) is 13.8 Å². The van der Waals surface area contributed by atoms with Gasteiger partial charge >= 0.3 is 12.1 Å². The standard InChI is InChI=1S/C32H45F3N4O7/c1-6-9-22-17-32(34,35)18-25(39(22)28(42)24(14-19-10-8-11-19)38-30(44)46-31(3,4)5)27(41)37-21(15-20-12-13-36-26(20)40)16-23(33)29(43)45-7-2/h16,19-22,24-25H,7-8,10-15,17-18H2,1-5H3,(H,36,40)(H,37,41)(H,38,44)/b23-16-/t20-,21-,22?,24+,25-/m0/s1. The second-order valence-electron chi connectivity index (χ2n) is 13.0. The van der Waals surface area contributed by atoms with Gasteiger partial charge in [-0.25, -0.2) is 18.4 Å². The normalized spacial score (nSPS) is 24.3. The lowest BCUT2D eigenvalue weighted by Gasteiger charge is -2.44. The van der Waals surface area contributed by atoms with Gasteiger partial charge in [0.15, 0.2) is 0 Å². The molecule has 3 fully saturated rings. The zero-order valence-corrected chi connectivity index (χ0v) is 27.1. The number of amides is 4. The Bertz CT molecular complexity index is 1250. The number of carbonyl (C=O) groups excluding carboxylic acids is 5. The van der Waals surface area contributed by atoms with E-state index in [0.717, 1.165) is 30.2 Å². The molecule has 0 radical (unpaired) electrons. The van der Waals surface area contributed by atoms with Crippen molar-refractivity contribution in [1.82, 2.24) is 20.9 Å². The molecule has 0 aromatic heterocycles. The van der Waals surface area contributed by atoms with E-state index < -0.39 is 84.2 Å². The molecular weight excluding hydrogens is 609 g/mol. The molecule has 2 heterocycles. The lowest BCUT2D eigenvalue weighted by atomic mass is 9.80. The van der Waals surface area contributed by atoms with Crippen LogP contribution in [0.15, 0.2) is 11.9 Å². The van der Waals surface area contributed by atoms with E-state index in [1.54, 1.807) is 20.8 Å². The number of likely N-dealkylation sites (tertiary alicyclic amines) is 1. The van der Waals surface area contributed by atoms with Crippen LogP contribution in [0.1, 0.15) is 86.0 Å². The van der Waals surface area contributed by atoms with Crippen molar-refractivity contribution in [1.29, 1.82) is 0 Å². The second-order valence-corrected chi connectivity index (χ2v) is 13.0. The highest BCUT2D eigenvalue weighted by atomic mass is 19.3. The van der Waals surface area contributed by atoms with Gasteiger partial charge in [0.2, 0.25) is 23.5 Å². The van der Waals surface area contributed by atoms with Crippen LogP contribution in [0.5, 0.6) is 0 Å². The Labute approximate surface area is 267 Å². The number of hydrogen-bond acceptors (Lipinski definition) is 7. The molecule has 1 unspecified atom stereocenters. The number of halogens is 3. The van der Waals surface area contributed by atoms with Crippen molar-refractivity contribution < 1.29 is 46.6 Å². The summed E-state index contributed by atoms with van der Waals surface area (Å²) in [5.41, 5.74) is -0.877. The number of hydrogen-bond donors (Lipinski definition) is 3. The molecule has 2 saturated heterocycles. The number of rotatable bonds is 11.